The molecule has 1 aromatic rings. The van der Waals surface area contributed by atoms with Gasteiger partial charge in [-0.2, -0.15) is 0 Å². The topological polar surface area (TPSA) is 64.4 Å². The second-order valence-electron chi connectivity index (χ2n) is 4.15. The minimum absolute atomic E-state index is 0.417. The van der Waals surface area contributed by atoms with E-state index >= 15 is 0 Å². The lowest BCUT2D eigenvalue weighted by molar-refractivity contribution is -0.150. The summed E-state index contributed by atoms with van der Waals surface area (Å²) >= 11 is 0. The smallest absolute Gasteiger partial charge is 0.333 e. The van der Waals surface area contributed by atoms with Gasteiger partial charge in [0.15, 0.2) is 6.10 Å². The molecule has 1 saturated carbocycles. The van der Waals surface area contributed by atoms with Gasteiger partial charge in [0.2, 0.25) is 0 Å². The Morgan fingerprint density at radius 1 is 1.75 bits per heavy atom. The third kappa shape index (κ3) is 1.51. The van der Waals surface area contributed by atoms with Crippen LogP contribution >= 0.6 is 0 Å². The summed E-state index contributed by atoms with van der Waals surface area (Å²) in [6.45, 7) is 2.82. The highest BCUT2D eigenvalue weighted by molar-refractivity contribution is 5.75. The van der Waals surface area contributed by atoms with Crippen LogP contribution in [0.15, 0.2) is 12.4 Å². The van der Waals surface area contributed by atoms with Crippen LogP contribution in [0.1, 0.15) is 25.6 Å². The molecule has 5 nitrogen and oxygen atoms in total. The summed E-state index contributed by atoms with van der Waals surface area (Å²) in [5.74, 6) is -0.0742. The molecule has 1 aromatic heterocycles. The number of carbonyl (C=O) groups is 1. The summed E-state index contributed by atoms with van der Waals surface area (Å²) in [5.41, 5.74) is -0.417. The highest BCUT2D eigenvalue weighted by atomic mass is 16.5. The van der Waals surface area contributed by atoms with Crippen molar-refractivity contribution in [2.24, 2.45) is 0 Å². The molecule has 0 radical (unpaired) electrons. The fourth-order valence-electron chi connectivity index (χ4n) is 2.30. The summed E-state index contributed by atoms with van der Waals surface area (Å²) in [6, 6.07) is 0. The molecular weight excluding hydrogens is 208 g/mol. The van der Waals surface area contributed by atoms with E-state index in [0.29, 0.717) is 0 Å². The number of aromatic nitrogens is 2. The fourth-order valence-corrected chi connectivity index (χ4v) is 2.30. The standard InChI is InChI=1S/C11H16N2O3/c1-3-13-7-6-12-10(13)11(4-5-11)8(16-2)9(14)15/h6-8H,3-5H2,1-2H3,(H,14,15). The van der Waals surface area contributed by atoms with Crippen LogP contribution in [0.25, 0.3) is 0 Å². The van der Waals surface area contributed by atoms with E-state index in [0.717, 1.165) is 25.2 Å². The van der Waals surface area contributed by atoms with Gasteiger partial charge in [0.1, 0.15) is 5.82 Å². The van der Waals surface area contributed by atoms with Gasteiger partial charge in [0.05, 0.1) is 5.41 Å². The molecule has 88 valence electrons. The molecule has 1 atom stereocenters. The molecular formula is C11H16N2O3. The molecule has 5 heteroatoms. The average molecular weight is 224 g/mol. The van der Waals surface area contributed by atoms with Crippen molar-refractivity contribution in [2.45, 2.75) is 37.8 Å². The van der Waals surface area contributed by atoms with Crippen molar-refractivity contribution >= 4 is 5.97 Å². The zero-order valence-electron chi connectivity index (χ0n) is 9.51. The number of carboxylic acid groups (broad SMARTS) is 1. The van der Waals surface area contributed by atoms with E-state index in [1.54, 1.807) is 6.20 Å². The summed E-state index contributed by atoms with van der Waals surface area (Å²) in [6.07, 6.45) is 4.46. The van der Waals surface area contributed by atoms with Crippen LogP contribution < -0.4 is 0 Å². The normalized spacial score (nSPS) is 19.4. The molecule has 1 fully saturated rings. The number of carboxylic acids is 1. The molecule has 1 N–H and O–H groups in total. The van der Waals surface area contributed by atoms with Crippen molar-refractivity contribution in [3.63, 3.8) is 0 Å². The minimum Gasteiger partial charge on any atom is -0.479 e. The molecule has 1 heterocycles. The van der Waals surface area contributed by atoms with Crippen LogP contribution in [0.2, 0.25) is 0 Å². The molecule has 1 unspecified atom stereocenters. The van der Waals surface area contributed by atoms with E-state index in [1.165, 1.54) is 7.11 Å². The van der Waals surface area contributed by atoms with Gasteiger partial charge in [0, 0.05) is 26.0 Å². The first kappa shape index (κ1) is 11.1. The Labute approximate surface area is 94.1 Å². The largest absolute Gasteiger partial charge is 0.479 e. The van der Waals surface area contributed by atoms with Crippen molar-refractivity contribution < 1.29 is 14.6 Å². The highest BCUT2D eigenvalue weighted by Crippen LogP contribution is 2.51. The molecule has 0 amide bonds. The third-order valence-electron chi connectivity index (χ3n) is 3.25. The Hall–Kier alpha value is -1.36. The van der Waals surface area contributed by atoms with E-state index in [9.17, 15) is 4.79 Å². The number of nitrogens with zero attached hydrogens (tertiary/aromatic N) is 2. The van der Waals surface area contributed by atoms with Crippen LogP contribution in [-0.2, 0) is 21.5 Å². The van der Waals surface area contributed by atoms with Gasteiger partial charge in [-0.25, -0.2) is 9.78 Å². The van der Waals surface area contributed by atoms with E-state index in [4.69, 9.17) is 9.84 Å². The average Bonchev–Trinajstić information content (AvgIpc) is 2.90. The number of imidazole rings is 1. The second-order valence-corrected chi connectivity index (χ2v) is 4.15. The van der Waals surface area contributed by atoms with Gasteiger partial charge >= 0.3 is 5.97 Å². The van der Waals surface area contributed by atoms with Crippen LogP contribution in [0.5, 0.6) is 0 Å². The Kier molecular flexibility index (Phi) is 2.71. The van der Waals surface area contributed by atoms with E-state index < -0.39 is 17.5 Å². The number of aryl methyl sites for hydroxylation is 1. The first-order chi connectivity index (χ1) is 7.65. The quantitative estimate of drug-likeness (QED) is 0.811. The number of hydrogen-bond donors (Lipinski definition) is 1. The molecule has 16 heavy (non-hydrogen) atoms. The first-order valence-corrected chi connectivity index (χ1v) is 5.43. The third-order valence-corrected chi connectivity index (χ3v) is 3.25. The summed E-state index contributed by atoms with van der Waals surface area (Å²) in [4.78, 5) is 15.4. The second kappa shape index (κ2) is 3.90. The Balaban J connectivity index is 2.35. The van der Waals surface area contributed by atoms with Gasteiger partial charge in [-0.15, -0.1) is 0 Å². The first-order valence-electron chi connectivity index (χ1n) is 5.43. The Morgan fingerprint density at radius 3 is 2.88 bits per heavy atom. The van der Waals surface area contributed by atoms with E-state index in [2.05, 4.69) is 4.98 Å². The zero-order valence-corrected chi connectivity index (χ0v) is 9.51. The Morgan fingerprint density at radius 2 is 2.44 bits per heavy atom. The van der Waals surface area contributed by atoms with Crippen LogP contribution in [0.4, 0.5) is 0 Å². The van der Waals surface area contributed by atoms with Crippen LogP contribution in [0, 0.1) is 0 Å². The minimum atomic E-state index is -0.911. The summed E-state index contributed by atoms with van der Waals surface area (Å²) in [7, 11) is 1.44. The van der Waals surface area contributed by atoms with Crippen LogP contribution in [0.3, 0.4) is 0 Å². The maximum absolute atomic E-state index is 11.1. The van der Waals surface area contributed by atoms with Crippen molar-refractivity contribution in [3.05, 3.63) is 18.2 Å². The molecule has 1 aliphatic carbocycles. The fraction of sp³-hybridized carbons (Fsp3) is 0.636. The van der Waals surface area contributed by atoms with E-state index in [1.807, 2.05) is 17.7 Å². The predicted molar refractivity (Wildman–Crippen MR) is 57.2 cm³/mol. The number of rotatable bonds is 5. The van der Waals surface area contributed by atoms with Crippen LogP contribution in [-0.4, -0.2) is 33.8 Å². The predicted octanol–water partition coefficient (Wildman–Crippen LogP) is 1.03. The van der Waals surface area contributed by atoms with Crippen molar-refractivity contribution in [3.8, 4) is 0 Å². The number of aliphatic carboxylic acids is 1. The Bertz CT molecular complexity index is 396. The van der Waals surface area contributed by atoms with Gasteiger partial charge in [-0.1, -0.05) is 0 Å². The zero-order chi connectivity index (χ0) is 11.8. The lowest BCUT2D eigenvalue weighted by Gasteiger charge is -2.22. The van der Waals surface area contributed by atoms with Gasteiger partial charge in [-0.3, -0.25) is 0 Å². The van der Waals surface area contributed by atoms with Crippen molar-refractivity contribution in [1.82, 2.24) is 9.55 Å². The SMILES string of the molecule is CCn1ccnc1C1(C(OC)C(=O)O)CC1. The molecule has 0 bridgehead atoms. The summed E-state index contributed by atoms with van der Waals surface area (Å²) < 4.78 is 7.10. The lowest BCUT2D eigenvalue weighted by atomic mass is 9.98. The van der Waals surface area contributed by atoms with Gasteiger partial charge < -0.3 is 14.4 Å². The molecule has 0 spiro atoms. The van der Waals surface area contributed by atoms with Gasteiger partial charge in [-0.05, 0) is 19.8 Å². The van der Waals surface area contributed by atoms with Gasteiger partial charge in [0.25, 0.3) is 0 Å². The molecule has 0 aliphatic heterocycles. The number of hydrogen-bond acceptors (Lipinski definition) is 3. The van der Waals surface area contributed by atoms with E-state index in [-0.39, 0.29) is 0 Å². The molecule has 0 saturated heterocycles. The van der Waals surface area contributed by atoms with Crippen molar-refractivity contribution in [1.29, 1.82) is 0 Å². The molecule has 2 rings (SSSR count). The number of ether oxygens (including phenoxy) is 1. The maximum Gasteiger partial charge on any atom is 0.333 e. The number of methoxy groups -OCH3 is 1. The molecule has 0 aromatic carbocycles. The summed E-state index contributed by atoms with van der Waals surface area (Å²) in [5, 5.41) is 9.15. The maximum atomic E-state index is 11.1. The lowest BCUT2D eigenvalue weighted by Crippen LogP contribution is -2.37. The highest BCUT2D eigenvalue weighted by Gasteiger charge is 2.57. The van der Waals surface area contributed by atoms with Crippen molar-refractivity contribution in [2.75, 3.05) is 7.11 Å². The molecule has 1 aliphatic rings. The monoisotopic (exact) mass is 224 g/mol.